The Morgan fingerprint density at radius 3 is 2.60 bits per heavy atom. The van der Waals surface area contributed by atoms with E-state index < -0.39 is 23.6 Å². The number of hydrogen-bond acceptors (Lipinski definition) is 5. The van der Waals surface area contributed by atoms with Crippen LogP contribution in [0.3, 0.4) is 0 Å². The highest BCUT2D eigenvalue weighted by Crippen LogP contribution is 2.17. The number of amides is 4. The minimum atomic E-state index is -0.807. The Balaban J connectivity index is 1.79. The Bertz CT molecular complexity index is 517. The summed E-state index contributed by atoms with van der Waals surface area (Å²) in [4.78, 5) is 40.0. The molecule has 142 valence electrons. The van der Waals surface area contributed by atoms with Gasteiger partial charge in [0.1, 0.15) is 12.1 Å². The first-order valence-corrected chi connectivity index (χ1v) is 9.03. The number of carbonyl (C=O) groups excluding carboxylic acids is 3. The number of hydrogen-bond donors (Lipinski definition) is 1. The lowest BCUT2D eigenvalue weighted by Crippen LogP contribution is -2.48. The number of imide groups is 1. The van der Waals surface area contributed by atoms with Gasteiger partial charge in [0.25, 0.3) is 5.91 Å². The summed E-state index contributed by atoms with van der Waals surface area (Å²) in [5.74, 6) is -0.442. The Kier molecular flexibility index (Phi) is 6.26. The Labute approximate surface area is 149 Å². The summed E-state index contributed by atoms with van der Waals surface area (Å²) < 4.78 is 5.08. The van der Waals surface area contributed by atoms with Crippen molar-refractivity contribution < 1.29 is 19.1 Å². The molecule has 0 aromatic carbocycles. The van der Waals surface area contributed by atoms with Gasteiger partial charge in [-0.2, -0.15) is 5.01 Å². The fourth-order valence-corrected chi connectivity index (χ4v) is 3.18. The maximum absolute atomic E-state index is 12.3. The lowest BCUT2D eigenvalue weighted by atomic mass is 10.0. The van der Waals surface area contributed by atoms with Crippen LogP contribution in [0.2, 0.25) is 0 Å². The van der Waals surface area contributed by atoms with Crippen molar-refractivity contribution >= 4 is 18.0 Å². The average molecular weight is 354 g/mol. The molecule has 1 N–H and O–H groups in total. The second-order valence-electron chi connectivity index (χ2n) is 7.78. The van der Waals surface area contributed by atoms with Crippen LogP contribution in [0.4, 0.5) is 9.59 Å². The van der Waals surface area contributed by atoms with Gasteiger partial charge in [0.15, 0.2) is 0 Å². The summed E-state index contributed by atoms with van der Waals surface area (Å²) in [7, 11) is 0. The zero-order valence-electron chi connectivity index (χ0n) is 15.7. The topological polar surface area (TPSA) is 82.2 Å². The van der Waals surface area contributed by atoms with Gasteiger partial charge in [0, 0.05) is 19.1 Å². The second-order valence-corrected chi connectivity index (χ2v) is 7.78. The molecule has 25 heavy (non-hydrogen) atoms. The van der Waals surface area contributed by atoms with Gasteiger partial charge in [-0.3, -0.25) is 4.79 Å². The van der Waals surface area contributed by atoms with E-state index in [0.717, 1.165) is 24.5 Å². The van der Waals surface area contributed by atoms with Crippen LogP contribution >= 0.6 is 0 Å². The molecule has 8 nitrogen and oxygen atoms in total. The van der Waals surface area contributed by atoms with Crippen molar-refractivity contribution in [3.63, 3.8) is 0 Å². The molecule has 2 aliphatic rings. The quantitative estimate of drug-likeness (QED) is 0.763. The zero-order valence-corrected chi connectivity index (χ0v) is 15.7. The lowest BCUT2D eigenvalue weighted by molar-refractivity contribution is -0.127. The Morgan fingerprint density at radius 2 is 1.96 bits per heavy atom. The number of likely N-dealkylation sites (tertiary alicyclic amines) is 1. The molecule has 0 aromatic heterocycles. The lowest BCUT2D eigenvalue weighted by Gasteiger charge is -2.33. The smallest absolute Gasteiger partial charge is 0.427 e. The maximum atomic E-state index is 12.3. The van der Waals surface area contributed by atoms with Crippen molar-refractivity contribution in [1.82, 2.24) is 20.2 Å². The van der Waals surface area contributed by atoms with E-state index in [1.54, 1.807) is 20.8 Å². The summed E-state index contributed by atoms with van der Waals surface area (Å²) in [5.41, 5.74) is 1.54. The minimum Gasteiger partial charge on any atom is -0.443 e. The van der Waals surface area contributed by atoms with Crippen LogP contribution in [0.5, 0.6) is 0 Å². The number of hydrazine groups is 1. The molecule has 2 heterocycles. The van der Waals surface area contributed by atoms with Crippen molar-refractivity contribution in [2.45, 2.75) is 65.0 Å². The highest BCUT2D eigenvalue weighted by Gasteiger charge is 2.38. The minimum absolute atomic E-state index is 0.00974. The standard InChI is InChI=1S/C17H30N4O4/c1-13-8-5-6-9-19(13)10-7-11-20-12-14(22)21(16(20)24)18-15(23)25-17(2,3)4/h13H,5-12H2,1-4H3,(H,18,23). The zero-order chi connectivity index (χ0) is 18.6. The number of nitrogens with one attached hydrogen (secondary N) is 1. The highest BCUT2D eigenvalue weighted by molar-refractivity contribution is 6.02. The first kappa shape index (κ1) is 19.5. The van der Waals surface area contributed by atoms with E-state index >= 15 is 0 Å². The van der Waals surface area contributed by atoms with E-state index in [2.05, 4.69) is 17.2 Å². The fourth-order valence-electron chi connectivity index (χ4n) is 3.18. The molecule has 0 radical (unpaired) electrons. The van der Waals surface area contributed by atoms with E-state index in [1.807, 2.05) is 0 Å². The van der Waals surface area contributed by atoms with Crippen LogP contribution in [0.1, 0.15) is 53.4 Å². The van der Waals surface area contributed by atoms with Gasteiger partial charge < -0.3 is 14.5 Å². The van der Waals surface area contributed by atoms with E-state index in [-0.39, 0.29) is 6.54 Å². The molecule has 2 aliphatic heterocycles. The Hall–Kier alpha value is -1.83. The SMILES string of the molecule is CC1CCCCN1CCCN1CC(=O)N(NC(=O)OC(C)(C)C)C1=O. The second kappa shape index (κ2) is 8.03. The van der Waals surface area contributed by atoms with Gasteiger partial charge in [-0.1, -0.05) is 6.42 Å². The largest absolute Gasteiger partial charge is 0.443 e. The van der Waals surface area contributed by atoms with E-state index in [1.165, 1.54) is 24.2 Å². The predicted molar refractivity (Wildman–Crippen MR) is 92.7 cm³/mol. The van der Waals surface area contributed by atoms with Crippen molar-refractivity contribution in [1.29, 1.82) is 0 Å². The third kappa shape index (κ3) is 5.59. The van der Waals surface area contributed by atoms with Crippen LogP contribution in [0, 0.1) is 0 Å². The van der Waals surface area contributed by atoms with Crippen molar-refractivity contribution in [3.8, 4) is 0 Å². The summed E-state index contributed by atoms with van der Waals surface area (Å²) in [5, 5.41) is 0.748. The van der Waals surface area contributed by atoms with Gasteiger partial charge >= 0.3 is 12.1 Å². The molecule has 2 fully saturated rings. The van der Waals surface area contributed by atoms with Crippen LogP contribution < -0.4 is 5.43 Å². The van der Waals surface area contributed by atoms with Crippen LogP contribution in [-0.2, 0) is 9.53 Å². The van der Waals surface area contributed by atoms with E-state index in [9.17, 15) is 14.4 Å². The molecule has 0 spiro atoms. The number of urea groups is 1. The normalized spacial score (nSPS) is 22.5. The first-order chi connectivity index (χ1) is 11.7. The van der Waals surface area contributed by atoms with E-state index in [0.29, 0.717) is 12.6 Å². The molecule has 2 rings (SSSR count). The van der Waals surface area contributed by atoms with Crippen molar-refractivity contribution in [3.05, 3.63) is 0 Å². The predicted octanol–water partition coefficient (Wildman–Crippen LogP) is 1.95. The van der Waals surface area contributed by atoms with Crippen molar-refractivity contribution in [2.75, 3.05) is 26.2 Å². The molecule has 0 saturated carbocycles. The Morgan fingerprint density at radius 1 is 1.24 bits per heavy atom. The fraction of sp³-hybridized carbons (Fsp3) is 0.824. The summed E-state index contributed by atoms with van der Waals surface area (Å²) in [6.45, 7) is 9.88. The average Bonchev–Trinajstić information content (AvgIpc) is 2.75. The summed E-state index contributed by atoms with van der Waals surface area (Å²) in [6.07, 6.45) is 3.72. The molecule has 1 unspecified atom stereocenters. The maximum Gasteiger partial charge on any atom is 0.427 e. The molecule has 1 atom stereocenters. The highest BCUT2D eigenvalue weighted by atomic mass is 16.6. The van der Waals surface area contributed by atoms with Gasteiger partial charge in [-0.25, -0.2) is 15.0 Å². The van der Waals surface area contributed by atoms with Gasteiger partial charge in [0.2, 0.25) is 0 Å². The van der Waals surface area contributed by atoms with Crippen LogP contribution in [0.15, 0.2) is 0 Å². The number of nitrogens with zero attached hydrogens (tertiary/aromatic N) is 3. The third-order valence-electron chi connectivity index (χ3n) is 4.45. The van der Waals surface area contributed by atoms with Crippen LogP contribution in [-0.4, -0.2) is 70.7 Å². The monoisotopic (exact) mass is 354 g/mol. The van der Waals surface area contributed by atoms with Gasteiger partial charge in [-0.15, -0.1) is 0 Å². The molecule has 0 aliphatic carbocycles. The number of rotatable bonds is 5. The van der Waals surface area contributed by atoms with Gasteiger partial charge in [0.05, 0.1) is 0 Å². The molecule has 4 amide bonds. The van der Waals surface area contributed by atoms with E-state index in [4.69, 9.17) is 4.74 Å². The van der Waals surface area contributed by atoms with Gasteiger partial charge in [-0.05, 0) is 53.5 Å². The first-order valence-electron chi connectivity index (χ1n) is 9.03. The summed E-state index contributed by atoms with van der Waals surface area (Å²) in [6, 6.07) is 0.0811. The third-order valence-corrected chi connectivity index (χ3v) is 4.45. The molecular weight excluding hydrogens is 324 g/mol. The molecule has 8 heteroatoms. The number of ether oxygens (including phenoxy) is 1. The molecule has 0 bridgehead atoms. The molecule has 0 aromatic rings. The van der Waals surface area contributed by atoms with Crippen LogP contribution in [0.25, 0.3) is 0 Å². The summed E-state index contributed by atoms with van der Waals surface area (Å²) >= 11 is 0. The molecule has 2 saturated heterocycles. The molecular formula is C17H30N4O4. The number of piperidine rings is 1. The number of carbonyl (C=O) groups is 3. The van der Waals surface area contributed by atoms with Crippen molar-refractivity contribution in [2.24, 2.45) is 0 Å².